The lowest BCUT2D eigenvalue weighted by atomic mass is 9.97. The zero-order chi connectivity index (χ0) is 29.2. The van der Waals surface area contributed by atoms with Gasteiger partial charge in [-0.2, -0.15) is 0 Å². The molecule has 41 heavy (non-hydrogen) atoms. The van der Waals surface area contributed by atoms with E-state index in [1.807, 2.05) is 25.7 Å². The van der Waals surface area contributed by atoms with Crippen LogP contribution in [0.4, 0.5) is 4.79 Å². The molecule has 4 rings (SSSR count). The molecule has 1 aromatic heterocycles. The number of aromatic nitrogens is 2. The van der Waals surface area contributed by atoms with Gasteiger partial charge in [-0.1, -0.05) is 20.3 Å². The Morgan fingerprint density at radius 1 is 1.00 bits per heavy atom. The smallest absolute Gasteiger partial charge is 0.410 e. The predicted octanol–water partition coefficient (Wildman–Crippen LogP) is 6.53. The summed E-state index contributed by atoms with van der Waals surface area (Å²) in [4.78, 5) is 25.0. The van der Waals surface area contributed by atoms with Crippen LogP contribution in [-0.2, 0) is 11.3 Å². The van der Waals surface area contributed by atoms with Gasteiger partial charge < -0.3 is 28.7 Å². The zero-order valence-electron chi connectivity index (χ0n) is 26.5. The Balaban J connectivity index is 1.47. The van der Waals surface area contributed by atoms with Gasteiger partial charge in [-0.15, -0.1) is 0 Å². The molecule has 3 heterocycles. The van der Waals surface area contributed by atoms with Crippen molar-refractivity contribution in [3.05, 3.63) is 24.0 Å². The number of aryl methyl sites for hydroxylation is 1. The van der Waals surface area contributed by atoms with Crippen LogP contribution < -0.4 is 4.74 Å². The summed E-state index contributed by atoms with van der Waals surface area (Å²) in [6.07, 6.45) is 9.10. The molecule has 1 unspecified atom stereocenters. The van der Waals surface area contributed by atoms with E-state index in [0.29, 0.717) is 13.2 Å². The highest BCUT2D eigenvalue weighted by atomic mass is 16.6. The van der Waals surface area contributed by atoms with Crippen LogP contribution in [-0.4, -0.2) is 94.9 Å². The lowest BCUT2D eigenvalue weighted by molar-refractivity contribution is 0.0195. The number of carbonyl (C=O) groups excluding carboxylic acids is 1. The van der Waals surface area contributed by atoms with E-state index in [1.165, 1.54) is 45.3 Å². The second-order valence-corrected chi connectivity index (χ2v) is 12.9. The molecule has 2 aliphatic heterocycles. The SMILES string of the molecule is CCN(CC)CCCOc1ccc2nc(C3CCCN(C(=O)OC(C)(C)C)C3)n(CCCCCN3CCCC3)c2c1. The predicted molar refractivity (Wildman–Crippen MR) is 167 cm³/mol. The highest BCUT2D eigenvalue weighted by Gasteiger charge is 2.31. The summed E-state index contributed by atoms with van der Waals surface area (Å²) in [5, 5.41) is 0. The van der Waals surface area contributed by atoms with Crippen LogP contribution in [0.25, 0.3) is 11.0 Å². The Bertz CT molecular complexity index is 1080. The minimum atomic E-state index is -0.492. The third-order valence-corrected chi connectivity index (χ3v) is 8.52. The molecule has 0 bridgehead atoms. The molecule has 0 radical (unpaired) electrons. The first-order valence-corrected chi connectivity index (χ1v) is 16.3. The number of hydrogen-bond acceptors (Lipinski definition) is 6. The highest BCUT2D eigenvalue weighted by molar-refractivity contribution is 5.78. The number of hydrogen-bond donors (Lipinski definition) is 0. The molecule has 1 atom stereocenters. The highest BCUT2D eigenvalue weighted by Crippen LogP contribution is 2.32. The molecule has 0 saturated carbocycles. The van der Waals surface area contributed by atoms with Crippen LogP contribution in [0.1, 0.15) is 97.7 Å². The lowest BCUT2D eigenvalue weighted by Crippen LogP contribution is -2.42. The molecular formula is C33H55N5O3. The molecule has 8 nitrogen and oxygen atoms in total. The first-order valence-electron chi connectivity index (χ1n) is 16.3. The number of imidazole rings is 1. The van der Waals surface area contributed by atoms with Crippen LogP contribution in [0, 0.1) is 0 Å². The Kier molecular flexibility index (Phi) is 11.7. The lowest BCUT2D eigenvalue weighted by Gasteiger charge is -2.34. The summed E-state index contributed by atoms with van der Waals surface area (Å²) >= 11 is 0. The third kappa shape index (κ3) is 9.34. The largest absolute Gasteiger partial charge is 0.493 e. The Hall–Kier alpha value is -2.32. The summed E-state index contributed by atoms with van der Waals surface area (Å²) in [6, 6.07) is 6.35. The van der Waals surface area contributed by atoms with Gasteiger partial charge >= 0.3 is 6.09 Å². The first-order chi connectivity index (χ1) is 19.8. The van der Waals surface area contributed by atoms with Crippen molar-refractivity contribution in [1.29, 1.82) is 0 Å². The number of carbonyl (C=O) groups is 1. The van der Waals surface area contributed by atoms with Crippen molar-refractivity contribution < 1.29 is 14.3 Å². The van der Waals surface area contributed by atoms with Crippen molar-refractivity contribution in [3.8, 4) is 5.75 Å². The molecular weight excluding hydrogens is 514 g/mol. The molecule has 0 N–H and O–H groups in total. The number of rotatable bonds is 14. The maximum absolute atomic E-state index is 12.9. The van der Waals surface area contributed by atoms with Gasteiger partial charge in [0.1, 0.15) is 17.2 Å². The second-order valence-electron chi connectivity index (χ2n) is 12.9. The van der Waals surface area contributed by atoms with Crippen LogP contribution in [0.15, 0.2) is 18.2 Å². The van der Waals surface area contributed by atoms with Crippen LogP contribution in [0.3, 0.4) is 0 Å². The molecule has 230 valence electrons. The molecule has 2 aliphatic rings. The quantitative estimate of drug-likeness (QED) is 0.241. The topological polar surface area (TPSA) is 63.1 Å². The van der Waals surface area contributed by atoms with Crippen molar-refractivity contribution in [2.24, 2.45) is 0 Å². The summed E-state index contributed by atoms with van der Waals surface area (Å²) < 4.78 is 14.4. The average Bonchev–Trinajstić information content (AvgIpc) is 3.60. The molecule has 0 spiro atoms. The average molecular weight is 570 g/mol. The van der Waals surface area contributed by atoms with Gasteiger partial charge in [0.15, 0.2) is 0 Å². The third-order valence-electron chi connectivity index (χ3n) is 8.52. The molecule has 8 heteroatoms. The fraction of sp³-hybridized carbons (Fsp3) is 0.758. The Labute approximate surface area is 248 Å². The van der Waals surface area contributed by atoms with E-state index in [9.17, 15) is 4.79 Å². The van der Waals surface area contributed by atoms with Crippen molar-refractivity contribution in [2.45, 2.75) is 104 Å². The molecule has 2 saturated heterocycles. The van der Waals surface area contributed by atoms with Gasteiger partial charge in [0.05, 0.1) is 17.6 Å². The monoisotopic (exact) mass is 569 g/mol. The number of piperidine rings is 1. The van der Waals surface area contributed by atoms with E-state index in [4.69, 9.17) is 14.5 Å². The van der Waals surface area contributed by atoms with Gasteiger partial charge in [-0.25, -0.2) is 9.78 Å². The van der Waals surface area contributed by atoms with Gasteiger partial charge in [0.25, 0.3) is 0 Å². The van der Waals surface area contributed by atoms with E-state index in [-0.39, 0.29) is 12.0 Å². The normalized spacial score (nSPS) is 18.5. The van der Waals surface area contributed by atoms with Crippen molar-refractivity contribution in [1.82, 2.24) is 24.3 Å². The number of benzene rings is 1. The molecule has 0 aliphatic carbocycles. The molecule has 2 aromatic rings. The number of ether oxygens (including phenoxy) is 2. The van der Waals surface area contributed by atoms with Gasteiger partial charge in [-0.3, -0.25) is 0 Å². The van der Waals surface area contributed by atoms with Crippen molar-refractivity contribution in [3.63, 3.8) is 0 Å². The zero-order valence-corrected chi connectivity index (χ0v) is 26.5. The molecule has 2 fully saturated rings. The maximum Gasteiger partial charge on any atom is 0.410 e. The summed E-state index contributed by atoms with van der Waals surface area (Å²) in [6.45, 7) is 20.2. The van der Waals surface area contributed by atoms with E-state index in [0.717, 1.165) is 81.0 Å². The van der Waals surface area contributed by atoms with E-state index in [1.54, 1.807) is 0 Å². The molecule has 1 aromatic carbocycles. The Morgan fingerprint density at radius 3 is 2.49 bits per heavy atom. The first kappa shape index (κ1) is 31.6. The van der Waals surface area contributed by atoms with Crippen LogP contribution >= 0.6 is 0 Å². The van der Waals surface area contributed by atoms with E-state index in [2.05, 4.69) is 46.4 Å². The van der Waals surface area contributed by atoms with E-state index < -0.39 is 5.60 Å². The summed E-state index contributed by atoms with van der Waals surface area (Å²) in [5.41, 5.74) is 1.67. The van der Waals surface area contributed by atoms with Crippen molar-refractivity contribution in [2.75, 3.05) is 59.0 Å². The minimum absolute atomic E-state index is 0.201. The number of fused-ring (bicyclic) bond motifs is 1. The Morgan fingerprint density at radius 2 is 1.76 bits per heavy atom. The van der Waals surface area contributed by atoms with Crippen molar-refractivity contribution >= 4 is 17.1 Å². The second kappa shape index (κ2) is 15.2. The summed E-state index contributed by atoms with van der Waals surface area (Å²) in [7, 11) is 0. The van der Waals surface area contributed by atoms with Crippen LogP contribution in [0.5, 0.6) is 5.75 Å². The van der Waals surface area contributed by atoms with Crippen LogP contribution in [0.2, 0.25) is 0 Å². The number of likely N-dealkylation sites (tertiary alicyclic amines) is 2. The molecule has 1 amide bonds. The fourth-order valence-electron chi connectivity index (χ4n) is 6.24. The van der Waals surface area contributed by atoms with Gasteiger partial charge in [-0.05, 0) is 111 Å². The standard InChI is InChI=1S/C33H55N5O3/c1-6-35(7-2)21-14-24-40-28-16-17-29-30(25-28)38(23-10-8-9-18-36-19-11-12-20-36)31(34-29)27-15-13-22-37(26-27)32(39)41-33(3,4)5/h16-17,25,27H,6-15,18-24,26H2,1-5H3. The fourth-order valence-corrected chi connectivity index (χ4v) is 6.24. The number of amides is 1. The van der Waals surface area contributed by atoms with Gasteiger partial charge in [0, 0.05) is 38.2 Å². The number of nitrogens with zero attached hydrogens (tertiary/aromatic N) is 5. The maximum atomic E-state index is 12.9. The number of unbranched alkanes of at least 4 members (excludes halogenated alkanes) is 2. The van der Waals surface area contributed by atoms with Gasteiger partial charge in [0.2, 0.25) is 0 Å². The minimum Gasteiger partial charge on any atom is -0.493 e. The van der Waals surface area contributed by atoms with E-state index >= 15 is 0 Å². The summed E-state index contributed by atoms with van der Waals surface area (Å²) in [5.74, 6) is 2.22.